The Balaban J connectivity index is 2.54. The van der Waals surface area contributed by atoms with Gasteiger partial charge in [0.15, 0.2) is 5.82 Å². The largest absolute Gasteiger partial charge is 0.399 e. The third kappa shape index (κ3) is 1.61. The number of aryl methyl sites for hydroxylation is 1. The maximum atomic E-state index is 5.85. The molecule has 6 heteroatoms. The summed E-state index contributed by atoms with van der Waals surface area (Å²) in [4.78, 5) is 0. The van der Waals surface area contributed by atoms with Crippen molar-refractivity contribution in [3.05, 3.63) is 18.2 Å². The van der Waals surface area contributed by atoms with Crippen LogP contribution in [0.2, 0.25) is 0 Å². The van der Waals surface area contributed by atoms with Crippen LogP contribution in [0.25, 0.3) is 11.4 Å². The number of nitrogens with zero attached hydrogens (tertiary/aromatic N) is 4. The maximum Gasteiger partial charge on any atom is 0.184 e. The number of hydrogen-bond donors (Lipinski definition) is 2. The summed E-state index contributed by atoms with van der Waals surface area (Å²) in [5.41, 5.74) is 13.5. The van der Waals surface area contributed by atoms with E-state index in [0.29, 0.717) is 23.7 Å². The lowest BCUT2D eigenvalue weighted by Crippen LogP contribution is -2.02. The van der Waals surface area contributed by atoms with Gasteiger partial charge in [-0.2, -0.15) is 0 Å². The lowest BCUT2D eigenvalue weighted by atomic mass is 10.1. The maximum absolute atomic E-state index is 5.85. The summed E-state index contributed by atoms with van der Waals surface area (Å²) in [5.74, 6) is 0.662. The van der Waals surface area contributed by atoms with Crippen LogP contribution in [0.15, 0.2) is 18.2 Å². The normalized spacial score (nSPS) is 10.5. The fourth-order valence-electron chi connectivity index (χ4n) is 1.40. The Morgan fingerprint density at radius 1 is 1.33 bits per heavy atom. The van der Waals surface area contributed by atoms with Crippen molar-refractivity contribution < 1.29 is 0 Å². The Bertz CT molecular complexity index is 475. The Morgan fingerprint density at radius 2 is 2.13 bits per heavy atom. The van der Waals surface area contributed by atoms with Gasteiger partial charge in [-0.15, -0.1) is 5.10 Å². The molecule has 0 aliphatic rings. The van der Waals surface area contributed by atoms with E-state index in [1.165, 1.54) is 0 Å². The van der Waals surface area contributed by atoms with Gasteiger partial charge < -0.3 is 11.5 Å². The molecule has 1 heterocycles. The average Bonchev–Trinajstić information content (AvgIpc) is 2.65. The van der Waals surface area contributed by atoms with E-state index in [0.717, 1.165) is 5.56 Å². The van der Waals surface area contributed by atoms with Crippen molar-refractivity contribution in [2.45, 2.75) is 13.5 Å². The highest BCUT2D eigenvalue weighted by Crippen LogP contribution is 2.25. The van der Waals surface area contributed by atoms with Gasteiger partial charge in [0.25, 0.3) is 0 Å². The second-order valence-corrected chi connectivity index (χ2v) is 3.16. The van der Waals surface area contributed by atoms with Gasteiger partial charge in [-0.1, -0.05) is 0 Å². The third-order valence-electron chi connectivity index (χ3n) is 2.15. The van der Waals surface area contributed by atoms with Crippen molar-refractivity contribution in [1.82, 2.24) is 20.2 Å². The minimum absolute atomic E-state index is 0.583. The quantitative estimate of drug-likeness (QED) is 0.695. The smallest absolute Gasteiger partial charge is 0.184 e. The molecule has 0 radical (unpaired) electrons. The molecule has 4 N–H and O–H groups in total. The summed E-state index contributed by atoms with van der Waals surface area (Å²) in [5, 5.41) is 11.4. The lowest BCUT2D eigenvalue weighted by Gasteiger charge is -2.05. The number of rotatable bonds is 2. The minimum Gasteiger partial charge on any atom is -0.399 e. The van der Waals surface area contributed by atoms with Gasteiger partial charge in [-0.05, 0) is 35.5 Å². The van der Waals surface area contributed by atoms with E-state index in [2.05, 4.69) is 15.5 Å². The molecule has 0 spiro atoms. The molecule has 0 bridgehead atoms. The fraction of sp³-hybridized carbons (Fsp3) is 0.222. The summed E-state index contributed by atoms with van der Waals surface area (Å²) in [7, 11) is 0. The summed E-state index contributed by atoms with van der Waals surface area (Å²) < 4.78 is 1.68. The second kappa shape index (κ2) is 3.56. The van der Waals surface area contributed by atoms with Crippen LogP contribution >= 0.6 is 0 Å². The van der Waals surface area contributed by atoms with E-state index in [4.69, 9.17) is 11.5 Å². The lowest BCUT2D eigenvalue weighted by molar-refractivity contribution is 0.631. The van der Waals surface area contributed by atoms with E-state index in [1.54, 1.807) is 16.8 Å². The molecule has 6 nitrogen and oxygen atoms in total. The van der Waals surface area contributed by atoms with E-state index in [1.807, 2.05) is 13.0 Å². The highest BCUT2D eigenvalue weighted by atomic mass is 15.5. The first-order valence-electron chi connectivity index (χ1n) is 4.64. The van der Waals surface area contributed by atoms with Crippen molar-refractivity contribution in [3.8, 4) is 11.4 Å². The fourth-order valence-corrected chi connectivity index (χ4v) is 1.40. The van der Waals surface area contributed by atoms with Gasteiger partial charge in [0.1, 0.15) is 0 Å². The predicted octanol–water partition coefficient (Wildman–Crippen LogP) is 0.524. The molecule has 0 aliphatic heterocycles. The standard InChI is InChI=1S/C9H12N6/c1-2-15-9(12-13-14-15)7-4-3-6(10)5-8(7)11/h3-5H,2,10-11H2,1H3. The van der Waals surface area contributed by atoms with E-state index in [-0.39, 0.29) is 0 Å². The van der Waals surface area contributed by atoms with Gasteiger partial charge in [0.2, 0.25) is 0 Å². The number of aromatic nitrogens is 4. The van der Waals surface area contributed by atoms with E-state index < -0.39 is 0 Å². The first-order chi connectivity index (χ1) is 7.22. The van der Waals surface area contributed by atoms with Crippen molar-refractivity contribution >= 4 is 11.4 Å². The zero-order valence-electron chi connectivity index (χ0n) is 8.38. The van der Waals surface area contributed by atoms with Crippen LogP contribution in [0.3, 0.4) is 0 Å². The van der Waals surface area contributed by atoms with Crippen molar-refractivity contribution in [2.24, 2.45) is 0 Å². The van der Waals surface area contributed by atoms with Crippen LogP contribution in [0.5, 0.6) is 0 Å². The number of nitrogen functional groups attached to an aromatic ring is 2. The number of anilines is 2. The summed E-state index contributed by atoms with van der Waals surface area (Å²) in [6.07, 6.45) is 0. The van der Waals surface area contributed by atoms with Gasteiger partial charge in [-0.3, -0.25) is 0 Å². The van der Waals surface area contributed by atoms with Crippen molar-refractivity contribution in [3.63, 3.8) is 0 Å². The van der Waals surface area contributed by atoms with Gasteiger partial charge in [0, 0.05) is 23.5 Å². The molecule has 0 saturated carbocycles. The van der Waals surface area contributed by atoms with Crippen LogP contribution in [-0.4, -0.2) is 20.2 Å². The third-order valence-corrected chi connectivity index (χ3v) is 2.15. The Labute approximate surface area is 86.9 Å². The number of tetrazole rings is 1. The Hall–Kier alpha value is -2.11. The van der Waals surface area contributed by atoms with Crippen LogP contribution in [0.4, 0.5) is 11.4 Å². The molecule has 0 fully saturated rings. The van der Waals surface area contributed by atoms with E-state index in [9.17, 15) is 0 Å². The predicted molar refractivity (Wildman–Crippen MR) is 57.8 cm³/mol. The topological polar surface area (TPSA) is 95.6 Å². The van der Waals surface area contributed by atoms with Gasteiger partial charge in [0.05, 0.1) is 0 Å². The molecule has 1 aromatic heterocycles. The zero-order chi connectivity index (χ0) is 10.8. The van der Waals surface area contributed by atoms with Crippen molar-refractivity contribution in [1.29, 1.82) is 0 Å². The zero-order valence-corrected chi connectivity index (χ0v) is 8.38. The highest BCUT2D eigenvalue weighted by Gasteiger charge is 2.10. The van der Waals surface area contributed by atoms with Gasteiger partial charge >= 0.3 is 0 Å². The molecular weight excluding hydrogens is 192 g/mol. The molecule has 0 atom stereocenters. The minimum atomic E-state index is 0.583. The molecular formula is C9H12N6. The molecule has 2 rings (SSSR count). The molecule has 78 valence electrons. The Morgan fingerprint density at radius 3 is 2.80 bits per heavy atom. The van der Waals surface area contributed by atoms with Gasteiger partial charge in [-0.25, -0.2) is 4.68 Å². The molecule has 0 saturated heterocycles. The van der Waals surface area contributed by atoms with Crippen LogP contribution in [0, 0.1) is 0 Å². The monoisotopic (exact) mass is 204 g/mol. The molecule has 2 aromatic rings. The second-order valence-electron chi connectivity index (χ2n) is 3.16. The number of hydrogen-bond acceptors (Lipinski definition) is 5. The first-order valence-corrected chi connectivity index (χ1v) is 4.64. The van der Waals surface area contributed by atoms with Crippen LogP contribution < -0.4 is 11.5 Å². The summed E-state index contributed by atoms with van der Waals surface area (Å²) in [6.45, 7) is 2.67. The Kier molecular flexibility index (Phi) is 2.24. The molecule has 0 aliphatic carbocycles. The molecule has 15 heavy (non-hydrogen) atoms. The van der Waals surface area contributed by atoms with E-state index >= 15 is 0 Å². The van der Waals surface area contributed by atoms with Crippen molar-refractivity contribution in [2.75, 3.05) is 11.5 Å². The highest BCUT2D eigenvalue weighted by molar-refractivity contribution is 5.74. The van der Waals surface area contributed by atoms with Crippen LogP contribution in [-0.2, 0) is 6.54 Å². The molecule has 1 aromatic carbocycles. The number of benzene rings is 1. The molecule has 0 unspecified atom stereocenters. The SMILES string of the molecule is CCn1nnnc1-c1ccc(N)cc1N. The van der Waals surface area contributed by atoms with Crippen LogP contribution in [0.1, 0.15) is 6.92 Å². The average molecular weight is 204 g/mol. The summed E-state index contributed by atoms with van der Waals surface area (Å²) >= 11 is 0. The number of nitrogens with two attached hydrogens (primary N) is 2. The summed E-state index contributed by atoms with van der Waals surface area (Å²) in [6, 6.07) is 5.30. The molecule has 0 amide bonds. The first kappa shape index (κ1) is 9.45.